The van der Waals surface area contributed by atoms with Crippen LogP contribution in [0.4, 0.5) is 56.9 Å². The van der Waals surface area contributed by atoms with Gasteiger partial charge in [-0.15, -0.1) is 0 Å². The molecular weight excluding hydrogens is 726 g/mol. The zero-order chi connectivity index (χ0) is 39.3. The predicted molar refractivity (Wildman–Crippen MR) is 255 cm³/mol. The normalized spacial score (nSPS) is 16.3. The average Bonchev–Trinajstić information content (AvgIpc) is 3.32. The summed E-state index contributed by atoms with van der Waals surface area (Å²) in [6.45, 7) is 0.0757. The Labute approximate surface area is 352 Å². The van der Waals surface area contributed by atoms with Gasteiger partial charge in [-0.3, -0.25) is 0 Å². The number of nitrogens with zero attached hydrogens (tertiary/aromatic N) is 4. The van der Waals surface area contributed by atoms with Crippen molar-refractivity contribution in [2.75, 3.05) is 19.6 Å². The number of hydrogen-bond donors (Lipinski definition) is 0. The van der Waals surface area contributed by atoms with Crippen molar-refractivity contribution in [3.8, 4) is 0 Å². The van der Waals surface area contributed by atoms with Crippen LogP contribution in [0, 0.1) is 0 Å². The third-order valence-corrected chi connectivity index (χ3v) is 13.5. The van der Waals surface area contributed by atoms with Crippen LogP contribution in [0.1, 0.15) is 25.7 Å². The maximum Gasteiger partial charge on any atom is 0.252 e. The SMILES string of the molecule is C1=CCCC(N2c3ccccc3B3c4cc5c(cc4N(c4ccccc4)c4cccc2c43)N(c2ccccc2)c2cccc3c2B5c2ccccc2N3C2=CCCC=C2)=C1. The maximum absolute atomic E-state index is 2.62. The fraction of sp³-hybridized carbons (Fsp3) is 0.0741. The van der Waals surface area contributed by atoms with Gasteiger partial charge >= 0.3 is 0 Å². The van der Waals surface area contributed by atoms with E-state index in [4.69, 9.17) is 0 Å². The Morgan fingerprint density at radius 1 is 0.383 bits per heavy atom. The summed E-state index contributed by atoms with van der Waals surface area (Å²) in [4.78, 5) is 10.2. The first-order chi connectivity index (χ1) is 29.8. The first-order valence-electron chi connectivity index (χ1n) is 21.5. The summed E-state index contributed by atoms with van der Waals surface area (Å²) in [6, 6.07) is 59.4. The van der Waals surface area contributed by atoms with Gasteiger partial charge in [0.2, 0.25) is 0 Å². The molecule has 7 aromatic rings. The van der Waals surface area contributed by atoms with E-state index >= 15 is 0 Å². The van der Waals surface area contributed by atoms with Crippen molar-refractivity contribution in [3.63, 3.8) is 0 Å². The Morgan fingerprint density at radius 3 is 1.45 bits per heavy atom. The number of para-hydroxylation sites is 4. The van der Waals surface area contributed by atoms with Gasteiger partial charge in [-0.1, -0.05) is 115 Å². The third kappa shape index (κ3) is 4.76. The number of fused-ring (bicyclic) bond motifs is 8. The monoisotopic (exact) mass is 766 g/mol. The molecule has 282 valence electrons. The molecule has 7 aromatic carbocycles. The average molecular weight is 767 g/mol. The maximum atomic E-state index is 2.62. The van der Waals surface area contributed by atoms with Crippen LogP contribution in [0.15, 0.2) is 206 Å². The van der Waals surface area contributed by atoms with E-state index in [9.17, 15) is 0 Å². The summed E-state index contributed by atoms with van der Waals surface area (Å²) >= 11 is 0. The van der Waals surface area contributed by atoms with E-state index in [0.29, 0.717) is 0 Å². The molecule has 0 spiro atoms. The number of allylic oxidation sites excluding steroid dienone is 7. The fourth-order valence-corrected chi connectivity index (χ4v) is 11.1. The zero-order valence-electron chi connectivity index (χ0n) is 33.2. The highest BCUT2D eigenvalue weighted by Gasteiger charge is 2.48. The molecule has 0 saturated carbocycles. The molecule has 0 amide bonds. The molecule has 2 aliphatic carbocycles. The second-order valence-electron chi connectivity index (χ2n) is 16.6. The van der Waals surface area contributed by atoms with Gasteiger partial charge in [0.05, 0.1) is 0 Å². The molecule has 0 fully saturated rings. The molecule has 4 aliphatic heterocycles. The lowest BCUT2D eigenvalue weighted by molar-refractivity contribution is 0.919. The van der Waals surface area contributed by atoms with Crippen LogP contribution in [0.3, 0.4) is 0 Å². The lowest BCUT2D eigenvalue weighted by atomic mass is 9.30. The van der Waals surface area contributed by atoms with Crippen LogP contribution in [-0.2, 0) is 0 Å². The molecule has 0 bridgehead atoms. The van der Waals surface area contributed by atoms with Gasteiger partial charge in [-0.2, -0.15) is 0 Å². The van der Waals surface area contributed by atoms with Crippen molar-refractivity contribution < 1.29 is 0 Å². The molecule has 60 heavy (non-hydrogen) atoms. The molecule has 0 aromatic heterocycles. The van der Waals surface area contributed by atoms with Crippen LogP contribution in [0.25, 0.3) is 0 Å². The zero-order valence-corrected chi connectivity index (χ0v) is 33.2. The first kappa shape index (κ1) is 33.8. The van der Waals surface area contributed by atoms with Crippen molar-refractivity contribution >= 4 is 103 Å². The summed E-state index contributed by atoms with van der Waals surface area (Å²) in [5.41, 5.74) is 23.0. The number of hydrogen-bond acceptors (Lipinski definition) is 4. The third-order valence-electron chi connectivity index (χ3n) is 13.5. The number of anilines is 10. The minimum absolute atomic E-state index is 0.0356. The van der Waals surface area contributed by atoms with Gasteiger partial charge in [-0.05, 0) is 137 Å². The lowest BCUT2D eigenvalue weighted by Gasteiger charge is -2.47. The van der Waals surface area contributed by atoms with Crippen LogP contribution in [-0.4, -0.2) is 13.4 Å². The van der Waals surface area contributed by atoms with E-state index in [1.807, 2.05) is 0 Å². The van der Waals surface area contributed by atoms with E-state index in [1.54, 1.807) is 0 Å². The Morgan fingerprint density at radius 2 is 0.900 bits per heavy atom. The fourth-order valence-electron chi connectivity index (χ4n) is 11.1. The first-order valence-corrected chi connectivity index (χ1v) is 21.5. The van der Waals surface area contributed by atoms with Crippen LogP contribution < -0.4 is 52.4 Å². The minimum atomic E-state index is 0.0356. The van der Waals surface area contributed by atoms with Crippen molar-refractivity contribution in [2.24, 2.45) is 0 Å². The molecule has 0 saturated heterocycles. The highest BCUT2D eigenvalue weighted by Crippen LogP contribution is 2.47. The van der Waals surface area contributed by atoms with E-state index in [-0.39, 0.29) is 13.4 Å². The van der Waals surface area contributed by atoms with Crippen molar-refractivity contribution in [1.29, 1.82) is 0 Å². The van der Waals surface area contributed by atoms with Gasteiger partial charge in [0, 0.05) is 68.3 Å². The van der Waals surface area contributed by atoms with Crippen molar-refractivity contribution in [2.45, 2.75) is 25.7 Å². The molecule has 6 aliphatic rings. The van der Waals surface area contributed by atoms with Gasteiger partial charge in [-0.25, -0.2) is 0 Å². The molecule has 0 radical (unpaired) electrons. The van der Waals surface area contributed by atoms with E-state index in [0.717, 1.165) is 37.1 Å². The Balaban J connectivity index is 1.13. The highest BCUT2D eigenvalue weighted by molar-refractivity contribution is 7.03. The Hall–Kier alpha value is -7.17. The van der Waals surface area contributed by atoms with Crippen molar-refractivity contribution in [3.05, 3.63) is 206 Å². The summed E-state index contributed by atoms with van der Waals surface area (Å²) in [6.07, 6.45) is 18.1. The van der Waals surface area contributed by atoms with Crippen LogP contribution in [0.5, 0.6) is 0 Å². The molecule has 0 atom stereocenters. The number of benzene rings is 7. The molecule has 6 heteroatoms. The molecule has 4 heterocycles. The van der Waals surface area contributed by atoms with Crippen LogP contribution in [0.2, 0.25) is 0 Å². The lowest BCUT2D eigenvalue weighted by Crippen LogP contribution is -2.65. The Kier molecular flexibility index (Phi) is 7.41. The minimum Gasteiger partial charge on any atom is -0.315 e. The molecule has 13 rings (SSSR count). The van der Waals surface area contributed by atoms with E-state index in [1.165, 1.54) is 89.7 Å². The predicted octanol–water partition coefficient (Wildman–Crippen LogP) is 9.66. The molecule has 0 N–H and O–H groups in total. The molecule has 4 nitrogen and oxygen atoms in total. The summed E-state index contributed by atoms with van der Waals surface area (Å²) in [7, 11) is 0. The molecular formula is C54H40B2N4. The summed E-state index contributed by atoms with van der Waals surface area (Å²) in [5, 5.41) is 0. The van der Waals surface area contributed by atoms with Gasteiger partial charge in [0.15, 0.2) is 0 Å². The standard InChI is InChI=1S/C54H40B2N4/c1-5-19-37(20-6-1)57-45-29-15-13-27-41(45)55-43-35-44-52(36-51(43)59(39-23-9-3-10-24-39)49-33-17-31-47(57)53(49)55)60(40-25-11-4-12-26-40)50-34-18-32-48-54(50)56(44)42-28-14-16-30-46(42)58(48)38-21-7-2-8-22-38/h1,3-5,7,9-19,21-36H,2,6,8,20H2. The second-order valence-corrected chi connectivity index (χ2v) is 16.6. The molecule has 0 unspecified atom stereocenters. The van der Waals surface area contributed by atoms with Crippen molar-refractivity contribution in [1.82, 2.24) is 0 Å². The Bertz CT molecular complexity index is 3040. The smallest absolute Gasteiger partial charge is 0.252 e. The van der Waals surface area contributed by atoms with Crippen LogP contribution >= 0.6 is 0 Å². The van der Waals surface area contributed by atoms with E-state index < -0.39 is 0 Å². The summed E-state index contributed by atoms with van der Waals surface area (Å²) in [5.74, 6) is 0. The number of rotatable bonds is 4. The van der Waals surface area contributed by atoms with Gasteiger partial charge < -0.3 is 19.6 Å². The van der Waals surface area contributed by atoms with E-state index in [2.05, 4.69) is 214 Å². The largest absolute Gasteiger partial charge is 0.315 e. The second kappa shape index (κ2) is 13.2. The highest BCUT2D eigenvalue weighted by atomic mass is 15.2. The van der Waals surface area contributed by atoms with Gasteiger partial charge in [0.1, 0.15) is 0 Å². The topological polar surface area (TPSA) is 13.0 Å². The van der Waals surface area contributed by atoms with Gasteiger partial charge in [0.25, 0.3) is 13.4 Å². The summed E-state index contributed by atoms with van der Waals surface area (Å²) < 4.78 is 0. The quantitative estimate of drug-likeness (QED) is 0.166.